The zero-order valence-electron chi connectivity index (χ0n) is 15.6. The van der Waals surface area contributed by atoms with E-state index in [1.807, 2.05) is 7.05 Å². The number of amides is 1. The van der Waals surface area contributed by atoms with E-state index < -0.39 is 0 Å². The molecule has 0 spiro atoms. The summed E-state index contributed by atoms with van der Waals surface area (Å²) >= 11 is 1.49. The number of benzene rings is 1. The minimum absolute atomic E-state index is 0. The number of likely N-dealkylation sites (tertiary alicyclic amines) is 1. The van der Waals surface area contributed by atoms with Gasteiger partial charge in [0.15, 0.2) is 0 Å². The number of nitrogens with zero attached hydrogens (tertiary/aromatic N) is 2. The Kier molecular flexibility index (Phi) is 9.39. The van der Waals surface area contributed by atoms with Crippen molar-refractivity contribution in [3.8, 4) is 0 Å². The van der Waals surface area contributed by atoms with Crippen LogP contribution in [0.5, 0.6) is 0 Å². The number of thioether (sulfide) groups is 1. The van der Waals surface area contributed by atoms with Gasteiger partial charge < -0.3 is 10.2 Å². The summed E-state index contributed by atoms with van der Waals surface area (Å²) in [5.41, 5.74) is 0.438. The predicted octanol–water partition coefficient (Wildman–Crippen LogP) is 3.98. The maximum Gasteiger partial charge on any atom is 0.283 e. The number of nitro benzene ring substituents is 1. The monoisotopic (exact) mass is 401 g/mol. The molecule has 0 unspecified atom stereocenters. The second kappa shape index (κ2) is 10.7. The summed E-state index contributed by atoms with van der Waals surface area (Å²) in [5.74, 6) is 1.29. The van der Waals surface area contributed by atoms with Gasteiger partial charge in [-0.15, -0.1) is 24.2 Å². The molecule has 1 N–H and O–H groups in total. The van der Waals surface area contributed by atoms with Crippen molar-refractivity contribution >= 4 is 35.8 Å². The highest BCUT2D eigenvalue weighted by Crippen LogP contribution is 2.31. The Morgan fingerprint density at radius 2 is 2.04 bits per heavy atom. The Morgan fingerprint density at radius 3 is 2.58 bits per heavy atom. The van der Waals surface area contributed by atoms with Gasteiger partial charge in [0.1, 0.15) is 0 Å². The SMILES string of the molecule is CNC1CCN(C(=O)c2ccc(SCCC(C)C)c([N+](=O)[O-])c2)CC1.Cl. The van der Waals surface area contributed by atoms with Gasteiger partial charge in [-0.3, -0.25) is 14.9 Å². The summed E-state index contributed by atoms with van der Waals surface area (Å²) < 4.78 is 0. The number of halogens is 1. The fourth-order valence-electron chi connectivity index (χ4n) is 2.87. The fourth-order valence-corrected chi connectivity index (χ4v) is 4.13. The molecular formula is C18H28ClN3O3S. The van der Waals surface area contributed by atoms with E-state index in [0.29, 0.717) is 35.5 Å². The molecule has 0 atom stereocenters. The molecule has 0 aliphatic carbocycles. The highest BCUT2D eigenvalue weighted by molar-refractivity contribution is 7.99. The van der Waals surface area contributed by atoms with Gasteiger partial charge in [0.05, 0.1) is 9.82 Å². The molecule has 2 rings (SSSR count). The molecule has 0 radical (unpaired) electrons. The quantitative estimate of drug-likeness (QED) is 0.425. The lowest BCUT2D eigenvalue weighted by molar-refractivity contribution is -0.387. The maximum absolute atomic E-state index is 12.7. The summed E-state index contributed by atoms with van der Waals surface area (Å²) in [4.78, 5) is 26.1. The van der Waals surface area contributed by atoms with Crippen molar-refractivity contribution in [2.75, 3.05) is 25.9 Å². The number of carbonyl (C=O) groups is 1. The smallest absolute Gasteiger partial charge is 0.283 e. The van der Waals surface area contributed by atoms with Crippen LogP contribution < -0.4 is 5.32 Å². The van der Waals surface area contributed by atoms with Crippen LogP contribution >= 0.6 is 24.2 Å². The van der Waals surface area contributed by atoms with Gasteiger partial charge in [-0.25, -0.2) is 0 Å². The molecule has 8 heteroatoms. The van der Waals surface area contributed by atoms with Gasteiger partial charge in [0.25, 0.3) is 11.6 Å². The molecular weight excluding hydrogens is 374 g/mol. The highest BCUT2D eigenvalue weighted by Gasteiger charge is 2.25. The molecule has 26 heavy (non-hydrogen) atoms. The first kappa shape index (κ1) is 22.7. The van der Waals surface area contributed by atoms with Gasteiger partial charge in [-0.1, -0.05) is 13.8 Å². The Labute approximate surface area is 165 Å². The van der Waals surface area contributed by atoms with E-state index in [0.717, 1.165) is 25.0 Å². The first-order valence-electron chi connectivity index (χ1n) is 8.80. The first-order valence-corrected chi connectivity index (χ1v) is 9.78. The summed E-state index contributed by atoms with van der Waals surface area (Å²) in [6.07, 6.45) is 2.82. The number of nitrogens with one attached hydrogen (secondary N) is 1. The molecule has 1 amide bonds. The maximum atomic E-state index is 12.7. The second-order valence-electron chi connectivity index (χ2n) is 6.83. The standard InChI is InChI=1S/C18H27N3O3S.ClH/c1-13(2)8-11-25-17-5-4-14(12-16(17)21(23)24)18(22)20-9-6-15(19-3)7-10-20;/h4-5,12-13,15,19H,6-11H2,1-3H3;1H. The van der Waals surface area contributed by atoms with Crippen molar-refractivity contribution in [3.63, 3.8) is 0 Å². The average Bonchev–Trinajstić information content (AvgIpc) is 2.61. The first-order chi connectivity index (χ1) is 11.9. The largest absolute Gasteiger partial charge is 0.339 e. The van der Waals surface area contributed by atoms with Crippen LogP contribution in [0, 0.1) is 16.0 Å². The molecule has 1 aliphatic rings. The van der Waals surface area contributed by atoms with Gasteiger partial charge in [0, 0.05) is 30.8 Å². The molecule has 1 aliphatic heterocycles. The van der Waals surface area contributed by atoms with E-state index in [1.54, 1.807) is 17.0 Å². The van der Waals surface area contributed by atoms with Gasteiger partial charge in [0.2, 0.25) is 0 Å². The minimum Gasteiger partial charge on any atom is -0.339 e. The van der Waals surface area contributed by atoms with Crippen LogP contribution in [0.25, 0.3) is 0 Å². The van der Waals surface area contributed by atoms with Crippen LogP contribution in [0.4, 0.5) is 5.69 Å². The van der Waals surface area contributed by atoms with E-state index in [9.17, 15) is 14.9 Å². The van der Waals surface area contributed by atoms with Crippen molar-refractivity contribution < 1.29 is 9.72 Å². The van der Waals surface area contributed by atoms with Crippen molar-refractivity contribution in [1.29, 1.82) is 0 Å². The third kappa shape index (κ3) is 6.14. The fraction of sp³-hybridized carbons (Fsp3) is 0.611. The molecule has 1 saturated heterocycles. The molecule has 6 nitrogen and oxygen atoms in total. The van der Waals surface area contributed by atoms with Crippen molar-refractivity contribution in [2.24, 2.45) is 5.92 Å². The van der Waals surface area contributed by atoms with Gasteiger partial charge >= 0.3 is 0 Å². The molecule has 146 valence electrons. The zero-order valence-corrected chi connectivity index (χ0v) is 17.2. The summed E-state index contributed by atoms with van der Waals surface area (Å²) in [5, 5.41) is 14.6. The van der Waals surface area contributed by atoms with E-state index in [-0.39, 0.29) is 28.9 Å². The number of piperidine rings is 1. The molecule has 1 fully saturated rings. The van der Waals surface area contributed by atoms with E-state index in [1.165, 1.54) is 17.8 Å². The summed E-state index contributed by atoms with van der Waals surface area (Å²) in [6.45, 7) is 5.63. The van der Waals surface area contributed by atoms with Crippen LogP contribution in [0.15, 0.2) is 23.1 Å². The Morgan fingerprint density at radius 1 is 1.38 bits per heavy atom. The highest BCUT2D eigenvalue weighted by atomic mass is 35.5. The normalized spacial score (nSPS) is 15.0. The van der Waals surface area contributed by atoms with Crippen molar-refractivity contribution in [3.05, 3.63) is 33.9 Å². The number of rotatable bonds is 7. The van der Waals surface area contributed by atoms with Crippen LogP contribution in [-0.2, 0) is 0 Å². The topological polar surface area (TPSA) is 75.5 Å². The zero-order chi connectivity index (χ0) is 18.4. The number of hydrogen-bond donors (Lipinski definition) is 1. The molecule has 0 bridgehead atoms. The van der Waals surface area contributed by atoms with Gasteiger partial charge in [-0.2, -0.15) is 0 Å². The van der Waals surface area contributed by atoms with Crippen LogP contribution in [0.3, 0.4) is 0 Å². The molecule has 0 saturated carbocycles. The summed E-state index contributed by atoms with van der Waals surface area (Å²) in [7, 11) is 1.93. The predicted molar refractivity (Wildman–Crippen MR) is 109 cm³/mol. The lowest BCUT2D eigenvalue weighted by atomic mass is 10.0. The minimum atomic E-state index is -0.387. The number of nitro groups is 1. The lowest BCUT2D eigenvalue weighted by Gasteiger charge is -2.31. The molecule has 1 heterocycles. The summed E-state index contributed by atoms with van der Waals surface area (Å²) in [6, 6.07) is 5.32. The van der Waals surface area contributed by atoms with Crippen LogP contribution in [0.1, 0.15) is 43.5 Å². The van der Waals surface area contributed by atoms with Crippen LogP contribution in [0.2, 0.25) is 0 Å². The Balaban J connectivity index is 0.00000338. The van der Waals surface area contributed by atoms with Crippen molar-refractivity contribution in [1.82, 2.24) is 10.2 Å². The number of carbonyl (C=O) groups excluding carboxylic acids is 1. The Bertz CT molecular complexity index is 620. The third-order valence-corrected chi connectivity index (χ3v) is 5.64. The van der Waals surface area contributed by atoms with E-state index in [2.05, 4.69) is 19.2 Å². The third-order valence-electron chi connectivity index (χ3n) is 4.55. The second-order valence-corrected chi connectivity index (χ2v) is 7.96. The van der Waals surface area contributed by atoms with Gasteiger partial charge in [-0.05, 0) is 50.1 Å². The van der Waals surface area contributed by atoms with E-state index >= 15 is 0 Å². The van der Waals surface area contributed by atoms with E-state index in [4.69, 9.17) is 0 Å². The average molecular weight is 402 g/mol. The van der Waals surface area contributed by atoms with Crippen LogP contribution in [-0.4, -0.2) is 47.7 Å². The molecule has 1 aromatic carbocycles. The van der Waals surface area contributed by atoms with Crippen molar-refractivity contribution in [2.45, 2.75) is 44.0 Å². The lowest BCUT2D eigenvalue weighted by Crippen LogP contribution is -2.43. The number of hydrogen-bond acceptors (Lipinski definition) is 5. The molecule has 0 aromatic heterocycles. The molecule has 1 aromatic rings. The Hall–Kier alpha value is -1.31.